The number of nitrogens with one attached hydrogen (secondary N) is 2. The molecule has 2 aromatic rings. The number of fused-ring (bicyclic) bond motifs is 1. The molecule has 2 fully saturated rings. The van der Waals surface area contributed by atoms with Gasteiger partial charge in [0.05, 0.1) is 6.04 Å². The number of nitrogens with zero attached hydrogens (tertiary/aromatic N) is 2. The Hall–Kier alpha value is -2.44. The first kappa shape index (κ1) is 27.6. The minimum atomic E-state index is -0.190. The first-order valence-corrected chi connectivity index (χ1v) is 14.5. The number of aryl methyl sites for hydroxylation is 1. The zero-order valence-electron chi connectivity index (χ0n) is 23.1. The summed E-state index contributed by atoms with van der Waals surface area (Å²) in [6.07, 6.45) is 7.70. The molecule has 4 rings (SSSR count). The third kappa shape index (κ3) is 7.55. The maximum absolute atomic E-state index is 13.6. The summed E-state index contributed by atoms with van der Waals surface area (Å²) in [5.74, 6) is 0.723. The van der Waals surface area contributed by atoms with E-state index in [9.17, 15) is 9.59 Å². The lowest BCUT2D eigenvalue weighted by Gasteiger charge is -2.30. The Balaban J connectivity index is 1.40. The number of hydrogen-bond acceptors (Lipinski definition) is 4. The van der Waals surface area contributed by atoms with Gasteiger partial charge in [-0.1, -0.05) is 62.9 Å². The monoisotopic (exact) mass is 506 g/mol. The highest BCUT2D eigenvalue weighted by molar-refractivity contribution is 5.98. The number of amides is 2. The van der Waals surface area contributed by atoms with Crippen molar-refractivity contribution in [2.24, 2.45) is 5.92 Å². The van der Waals surface area contributed by atoms with E-state index in [1.807, 2.05) is 18.2 Å². The molecule has 2 atom stereocenters. The third-order valence-corrected chi connectivity index (χ3v) is 8.38. The number of carbonyl (C=O) groups excluding carboxylic acids is 2. The highest BCUT2D eigenvalue weighted by Gasteiger charge is 2.32. The summed E-state index contributed by atoms with van der Waals surface area (Å²) in [6, 6.07) is 12.1. The van der Waals surface area contributed by atoms with Crippen LogP contribution in [-0.2, 0) is 4.79 Å². The zero-order chi connectivity index (χ0) is 26.2. The zero-order valence-corrected chi connectivity index (χ0v) is 23.1. The van der Waals surface area contributed by atoms with Crippen LogP contribution in [0.25, 0.3) is 10.8 Å². The highest BCUT2D eigenvalue weighted by Crippen LogP contribution is 2.19. The number of benzene rings is 2. The standard InChI is InChI=1S/C31H46N4O2/c1-4-24(5-2)22-35-18-13-28(33-29(31(35)37)14-17-34-15-7-6-8-16-34)21-32-30(36)27-12-11-25-19-23(3)9-10-26(25)20-27/h9-12,19-20,24,28-29,33H,4-8,13-18,21-22H2,1-3H3,(H,32,36)/t28-,29-/m0/s1. The Labute approximate surface area is 223 Å². The lowest BCUT2D eigenvalue weighted by atomic mass is 10.0. The second-order valence-electron chi connectivity index (χ2n) is 11.1. The summed E-state index contributed by atoms with van der Waals surface area (Å²) < 4.78 is 0. The average Bonchev–Trinajstić information content (AvgIpc) is 3.07. The van der Waals surface area contributed by atoms with Gasteiger partial charge in [0.2, 0.25) is 5.91 Å². The fourth-order valence-electron chi connectivity index (χ4n) is 5.81. The van der Waals surface area contributed by atoms with Crippen molar-refractivity contribution < 1.29 is 9.59 Å². The summed E-state index contributed by atoms with van der Waals surface area (Å²) in [5, 5.41) is 9.03. The van der Waals surface area contributed by atoms with Gasteiger partial charge in [0, 0.05) is 37.8 Å². The van der Waals surface area contributed by atoms with Gasteiger partial charge in [-0.25, -0.2) is 0 Å². The minimum Gasteiger partial charge on any atom is -0.350 e. The fraction of sp³-hybridized carbons (Fsp3) is 0.613. The number of likely N-dealkylation sites (tertiary alicyclic amines) is 1. The van der Waals surface area contributed by atoms with E-state index < -0.39 is 0 Å². The molecule has 0 bridgehead atoms. The van der Waals surface area contributed by atoms with Crippen LogP contribution in [-0.4, -0.2) is 73.0 Å². The van der Waals surface area contributed by atoms with Crippen LogP contribution in [0.4, 0.5) is 0 Å². The van der Waals surface area contributed by atoms with Crippen molar-refractivity contribution in [2.45, 2.75) is 77.8 Å². The first-order chi connectivity index (χ1) is 18.0. The molecule has 0 aliphatic carbocycles. The van der Waals surface area contributed by atoms with Crippen molar-refractivity contribution in [1.29, 1.82) is 0 Å². The summed E-state index contributed by atoms with van der Waals surface area (Å²) in [6.45, 7) is 11.9. The Morgan fingerprint density at radius 1 is 1.03 bits per heavy atom. The van der Waals surface area contributed by atoms with Crippen LogP contribution in [0, 0.1) is 12.8 Å². The van der Waals surface area contributed by atoms with Gasteiger partial charge in [-0.05, 0) is 74.5 Å². The van der Waals surface area contributed by atoms with Crippen LogP contribution in [0.1, 0.15) is 74.7 Å². The van der Waals surface area contributed by atoms with Gasteiger partial charge in [-0.15, -0.1) is 0 Å². The van der Waals surface area contributed by atoms with Gasteiger partial charge >= 0.3 is 0 Å². The molecule has 202 valence electrons. The van der Waals surface area contributed by atoms with Crippen molar-refractivity contribution in [3.8, 4) is 0 Å². The van der Waals surface area contributed by atoms with Gasteiger partial charge < -0.3 is 20.4 Å². The smallest absolute Gasteiger partial charge is 0.251 e. The molecule has 2 aliphatic heterocycles. The molecule has 2 amide bonds. The van der Waals surface area contributed by atoms with Crippen LogP contribution in [0.3, 0.4) is 0 Å². The van der Waals surface area contributed by atoms with Crippen LogP contribution in [0.15, 0.2) is 36.4 Å². The Morgan fingerprint density at radius 2 is 1.76 bits per heavy atom. The lowest BCUT2D eigenvalue weighted by Crippen LogP contribution is -2.50. The normalized spacial score (nSPS) is 21.4. The molecule has 6 nitrogen and oxygen atoms in total. The van der Waals surface area contributed by atoms with Gasteiger partial charge in [-0.3, -0.25) is 9.59 Å². The van der Waals surface area contributed by atoms with Crippen LogP contribution in [0.5, 0.6) is 0 Å². The molecule has 2 saturated heterocycles. The van der Waals surface area contributed by atoms with Crippen LogP contribution < -0.4 is 10.6 Å². The SMILES string of the molecule is CCC(CC)CN1CC[C@@H](CNC(=O)c2ccc3cc(C)ccc3c2)N[C@@H](CCN2CCCCC2)C1=O. The molecule has 2 aliphatic rings. The predicted octanol–water partition coefficient (Wildman–Crippen LogP) is 4.75. The number of rotatable bonds is 10. The van der Waals surface area contributed by atoms with E-state index in [-0.39, 0.29) is 23.9 Å². The molecule has 2 N–H and O–H groups in total. The molecule has 6 heteroatoms. The number of piperidine rings is 1. The van der Waals surface area contributed by atoms with E-state index in [0.29, 0.717) is 18.0 Å². The van der Waals surface area contributed by atoms with Crippen molar-refractivity contribution in [1.82, 2.24) is 20.4 Å². The van der Waals surface area contributed by atoms with E-state index in [2.05, 4.69) is 59.4 Å². The largest absolute Gasteiger partial charge is 0.350 e. The van der Waals surface area contributed by atoms with E-state index in [1.54, 1.807) is 0 Å². The second kappa shape index (κ2) is 13.4. The van der Waals surface area contributed by atoms with Gasteiger partial charge in [-0.2, -0.15) is 0 Å². The molecule has 0 spiro atoms. The number of carbonyl (C=O) groups is 2. The molecule has 2 aromatic carbocycles. The molecular formula is C31H46N4O2. The van der Waals surface area contributed by atoms with Crippen LogP contribution in [0.2, 0.25) is 0 Å². The fourth-order valence-corrected chi connectivity index (χ4v) is 5.81. The molecule has 0 radical (unpaired) electrons. The Bertz CT molecular complexity index is 1040. The lowest BCUT2D eigenvalue weighted by molar-refractivity contribution is -0.133. The third-order valence-electron chi connectivity index (χ3n) is 8.38. The van der Waals surface area contributed by atoms with E-state index in [0.717, 1.165) is 69.2 Å². The number of hydrogen-bond donors (Lipinski definition) is 2. The quantitative estimate of drug-likeness (QED) is 0.488. The average molecular weight is 507 g/mol. The molecule has 2 heterocycles. The predicted molar refractivity (Wildman–Crippen MR) is 152 cm³/mol. The summed E-state index contributed by atoms with van der Waals surface area (Å²) >= 11 is 0. The Morgan fingerprint density at radius 3 is 2.51 bits per heavy atom. The topological polar surface area (TPSA) is 64.7 Å². The van der Waals surface area contributed by atoms with Crippen LogP contribution >= 0.6 is 0 Å². The first-order valence-electron chi connectivity index (χ1n) is 14.5. The van der Waals surface area contributed by atoms with E-state index >= 15 is 0 Å². The van der Waals surface area contributed by atoms with Crippen molar-refractivity contribution >= 4 is 22.6 Å². The van der Waals surface area contributed by atoms with Gasteiger partial charge in [0.25, 0.3) is 5.91 Å². The molecular weight excluding hydrogens is 460 g/mol. The minimum absolute atomic E-state index is 0.0569. The highest BCUT2D eigenvalue weighted by atomic mass is 16.2. The van der Waals surface area contributed by atoms with Crippen molar-refractivity contribution in [3.05, 3.63) is 47.5 Å². The maximum Gasteiger partial charge on any atom is 0.251 e. The van der Waals surface area contributed by atoms with Crippen molar-refractivity contribution in [3.63, 3.8) is 0 Å². The maximum atomic E-state index is 13.6. The molecule has 0 aromatic heterocycles. The van der Waals surface area contributed by atoms with Gasteiger partial charge in [0.1, 0.15) is 0 Å². The summed E-state index contributed by atoms with van der Waals surface area (Å²) in [7, 11) is 0. The summed E-state index contributed by atoms with van der Waals surface area (Å²) in [4.78, 5) is 31.2. The van der Waals surface area contributed by atoms with Crippen molar-refractivity contribution in [2.75, 3.05) is 39.3 Å². The Kier molecular flexibility index (Phi) is 9.98. The van der Waals surface area contributed by atoms with E-state index in [4.69, 9.17) is 0 Å². The van der Waals surface area contributed by atoms with E-state index in [1.165, 1.54) is 24.8 Å². The molecule has 0 unspecified atom stereocenters. The van der Waals surface area contributed by atoms with Gasteiger partial charge in [0.15, 0.2) is 0 Å². The molecule has 37 heavy (non-hydrogen) atoms. The second-order valence-corrected chi connectivity index (χ2v) is 11.1. The summed E-state index contributed by atoms with van der Waals surface area (Å²) in [5.41, 5.74) is 1.89. The molecule has 0 saturated carbocycles.